The summed E-state index contributed by atoms with van der Waals surface area (Å²) >= 11 is 0. The summed E-state index contributed by atoms with van der Waals surface area (Å²) in [5, 5.41) is 38.3. The average molecular weight is 600 g/mol. The molecule has 0 unspecified atom stereocenters. The highest BCUT2D eigenvalue weighted by Crippen LogP contribution is 2.67. The van der Waals surface area contributed by atoms with Gasteiger partial charge in [0.1, 0.15) is 17.7 Å². The third kappa shape index (κ3) is 6.17. The van der Waals surface area contributed by atoms with Gasteiger partial charge in [-0.25, -0.2) is 4.79 Å². The Morgan fingerprint density at radius 2 is 1.77 bits per heavy atom. The number of nitrogens with zero attached hydrogens (tertiary/aromatic N) is 1. The van der Waals surface area contributed by atoms with Gasteiger partial charge in [-0.05, 0) is 86.5 Å². The number of hydrogen-bond acceptors (Lipinski definition) is 7. The highest BCUT2D eigenvalue weighted by molar-refractivity contribution is 5.96. The van der Waals surface area contributed by atoms with Crippen molar-refractivity contribution in [2.75, 3.05) is 6.61 Å². The molecular weight excluding hydrogens is 554 g/mol. The molecule has 4 aliphatic carbocycles. The fourth-order valence-corrected chi connectivity index (χ4v) is 8.46. The van der Waals surface area contributed by atoms with Crippen LogP contribution in [0.5, 0.6) is 0 Å². The molecule has 5 N–H and O–H groups in total. The standard InChI is InChI=1S/C32H45N3O8/c1-6-32(42)14-11-23-21-8-7-19-15-20(9-12-30(19,4)22(21)10-13-31(23,32)5)35-43-17-25(36)34-27(18(2)3)28(39)33-24(29(40)41)16-26(37)38/h1,15,18,21-24,27,42H,7-14,16-17H2,2-5H3,(H,33,39)(H,34,36)(H,37,38)(H,40,41)/b35-20-/t21-,22+,23+,24+,27-,30+,31+,32-/m1/s1. The number of carbonyl (C=O) groups excluding carboxylic acids is 2. The summed E-state index contributed by atoms with van der Waals surface area (Å²) in [6, 6.07) is -2.70. The number of oxime groups is 1. The first-order valence-electron chi connectivity index (χ1n) is 15.3. The minimum Gasteiger partial charge on any atom is -0.481 e. The van der Waals surface area contributed by atoms with Crippen molar-refractivity contribution in [3.05, 3.63) is 11.6 Å². The third-order valence-electron chi connectivity index (χ3n) is 11.0. The van der Waals surface area contributed by atoms with E-state index in [0.717, 1.165) is 44.2 Å². The first-order valence-corrected chi connectivity index (χ1v) is 15.3. The lowest BCUT2D eigenvalue weighted by atomic mass is 9.46. The molecule has 0 aliphatic heterocycles. The van der Waals surface area contributed by atoms with Crippen molar-refractivity contribution in [1.82, 2.24) is 10.6 Å². The monoisotopic (exact) mass is 599 g/mol. The van der Waals surface area contributed by atoms with Crippen molar-refractivity contribution in [2.45, 2.75) is 103 Å². The topological polar surface area (TPSA) is 175 Å². The van der Waals surface area contributed by atoms with Crippen LogP contribution in [0.15, 0.2) is 16.8 Å². The van der Waals surface area contributed by atoms with Gasteiger partial charge in [-0.3, -0.25) is 14.4 Å². The largest absolute Gasteiger partial charge is 0.481 e. The smallest absolute Gasteiger partial charge is 0.326 e. The summed E-state index contributed by atoms with van der Waals surface area (Å²) in [7, 11) is 0. The van der Waals surface area contributed by atoms with Crippen LogP contribution < -0.4 is 10.6 Å². The van der Waals surface area contributed by atoms with Crippen LogP contribution in [0, 0.1) is 46.8 Å². The molecule has 11 nitrogen and oxygen atoms in total. The molecule has 0 saturated heterocycles. The summed E-state index contributed by atoms with van der Waals surface area (Å²) in [6.45, 7) is 7.46. The number of hydrogen-bond donors (Lipinski definition) is 5. The SMILES string of the molecule is C#C[C@@]1(O)CC[C@H]2[C@@H]3CCC4=C/C(=N\OCC(=O)N[C@@H](C(=O)N[C@@H](CC(=O)O)C(=O)O)C(C)C)CC[C@]4(C)[C@H]3CC[C@@]21C. The van der Waals surface area contributed by atoms with Crippen molar-refractivity contribution < 1.29 is 39.3 Å². The van der Waals surface area contributed by atoms with E-state index in [-0.39, 0.29) is 10.8 Å². The lowest BCUT2D eigenvalue weighted by Gasteiger charge is -2.58. The number of fused-ring (bicyclic) bond motifs is 5. The van der Waals surface area contributed by atoms with Gasteiger partial charge in [-0.2, -0.15) is 0 Å². The zero-order chi connectivity index (χ0) is 31.7. The van der Waals surface area contributed by atoms with Gasteiger partial charge >= 0.3 is 11.9 Å². The molecule has 3 fully saturated rings. The maximum atomic E-state index is 12.6. The van der Waals surface area contributed by atoms with Crippen molar-refractivity contribution in [3.8, 4) is 12.3 Å². The molecule has 3 saturated carbocycles. The number of nitrogens with one attached hydrogen (secondary N) is 2. The van der Waals surface area contributed by atoms with Gasteiger partial charge in [0.2, 0.25) is 5.91 Å². The number of aliphatic hydroxyl groups is 1. The maximum Gasteiger partial charge on any atom is 0.326 e. The number of rotatable bonds is 10. The third-order valence-corrected chi connectivity index (χ3v) is 11.0. The molecule has 0 radical (unpaired) electrons. The Balaban J connectivity index is 1.35. The highest BCUT2D eigenvalue weighted by atomic mass is 16.6. The molecule has 4 rings (SSSR count). The molecule has 11 heteroatoms. The van der Waals surface area contributed by atoms with Gasteiger partial charge in [0.15, 0.2) is 6.61 Å². The fraction of sp³-hybridized carbons (Fsp3) is 0.719. The van der Waals surface area contributed by atoms with Crippen molar-refractivity contribution in [1.29, 1.82) is 0 Å². The van der Waals surface area contributed by atoms with E-state index in [9.17, 15) is 29.4 Å². The van der Waals surface area contributed by atoms with Crippen molar-refractivity contribution in [2.24, 2.45) is 39.7 Å². The van der Waals surface area contributed by atoms with Crippen LogP contribution >= 0.6 is 0 Å². The lowest BCUT2D eigenvalue weighted by molar-refractivity contribution is -0.147. The van der Waals surface area contributed by atoms with E-state index in [2.05, 4.69) is 41.6 Å². The molecule has 0 aromatic carbocycles. The molecule has 0 bridgehead atoms. The maximum absolute atomic E-state index is 12.6. The van der Waals surface area contributed by atoms with Gasteiger partial charge in [0.05, 0.1) is 12.1 Å². The number of terminal acetylenes is 1. The molecule has 2 amide bonds. The zero-order valence-electron chi connectivity index (χ0n) is 25.5. The van der Waals surface area contributed by atoms with Crippen LogP contribution in [0.3, 0.4) is 0 Å². The second-order valence-electron chi connectivity index (χ2n) is 13.6. The van der Waals surface area contributed by atoms with Gasteiger partial charge in [-0.15, -0.1) is 6.42 Å². The minimum absolute atomic E-state index is 0.0454. The van der Waals surface area contributed by atoms with E-state index in [1.165, 1.54) is 5.57 Å². The molecule has 0 spiro atoms. The van der Waals surface area contributed by atoms with E-state index in [4.69, 9.17) is 16.4 Å². The number of allylic oxidation sites excluding steroid dienone is 2. The Hall–Kier alpha value is -3.39. The van der Waals surface area contributed by atoms with E-state index >= 15 is 0 Å². The molecule has 4 aliphatic rings. The number of aliphatic carboxylic acids is 2. The quantitative estimate of drug-likeness (QED) is 0.188. The summed E-state index contributed by atoms with van der Waals surface area (Å²) in [5.74, 6) is -0.430. The fourth-order valence-electron chi connectivity index (χ4n) is 8.46. The van der Waals surface area contributed by atoms with Gasteiger partial charge in [-0.1, -0.05) is 44.3 Å². The Morgan fingerprint density at radius 1 is 1.07 bits per heavy atom. The van der Waals surface area contributed by atoms with E-state index in [1.54, 1.807) is 13.8 Å². The first-order chi connectivity index (χ1) is 20.1. The summed E-state index contributed by atoms with van der Waals surface area (Å²) in [5.41, 5.74) is 0.909. The molecule has 236 valence electrons. The zero-order valence-corrected chi connectivity index (χ0v) is 25.5. The van der Waals surface area contributed by atoms with Gasteiger partial charge < -0.3 is 30.8 Å². The second-order valence-corrected chi connectivity index (χ2v) is 13.6. The van der Waals surface area contributed by atoms with Crippen LogP contribution in [0.4, 0.5) is 0 Å². The Labute approximate surface area is 252 Å². The van der Waals surface area contributed by atoms with Crippen LogP contribution in [0.1, 0.15) is 85.5 Å². The van der Waals surface area contributed by atoms with Crippen LogP contribution in [0.2, 0.25) is 0 Å². The van der Waals surface area contributed by atoms with Gasteiger partial charge in [0.25, 0.3) is 5.91 Å². The van der Waals surface area contributed by atoms with E-state index < -0.39 is 60.4 Å². The van der Waals surface area contributed by atoms with Crippen molar-refractivity contribution in [3.63, 3.8) is 0 Å². The van der Waals surface area contributed by atoms with Crippen LogP contribution in [-0.2, 0) is 24.0 Å². The van der Waals surface area contributed by atoms with E-state index in [0.29, 0.717) is 30.6 Å². The Morgan fingerprint density at radius 3 is 2.40 bits per heavy atom. The van der Waals surface area contributed by atoms with Gasteiger partial charge in [0, 0.05) is 5.41 Å². The second kappa shape index (κ2) is 12.3. The summed E-state index contributed by atoms with van der Waals surface area (Å²) < 4.78 is 0. The molecule has 0 aromatic heterocycles. The predicted octanol–water partition coefficient (Wildman–Crippen LogP) is 2.87. The molecule has 8 atom stereocenters. The molecule has 0 aromatic rings. The van der Waals surface area contributed by atoms with Crippen LogP contribution in [0.25, 0.3) is 0 Å². The normalized spacial score (nSPS) is 35.3. The lowest BCUT2D eigenvalue weighted by Crippen LogP contribution is -2.54. The highest BCUT2D eigenvalue weighted by Gasteiger charge is 2.63. The first kappa shape index (κ1) is 32.5. The number of carbonyl (C=O) groups is 4. The molecule has 0 heterocycles. The molecular formula is C32H45N3O8. The predicted molar refractivity (Wildman–Crippen MR) is 157 cm³/mol. The Bertz CT molecular complexity index is 1250. The number of carboxylic acids is 2. The van der Waals surface area contributed by atoms with Crippen LogP contribution in [-0.4, -0.2) is 69.1 Å². The number of amides is 2. The summed E-state index contributed by atoms with van der Waals surface area (Å²) in [6.07, 6.45) is 14.4. The Kier molecular flexibility index (Phi) is 9.31. The minimum atomic E-state index is -1.62. The van der Waals surface area contributed by atoms with Crippen molar-refractivity contribution >= 4 is 29.5 Å². The molecule has 43 heavy (non-hydrogen) atoms. The summed E-state index contributed by atoms with van der Waals surface area (Å²) in [4.78, 5) is 52.9. The average Bonchev–Trinajstić information content (AvgIpc) is 3.21. The van der Waals surface area contributed by atoms with E-state index in [1.807, 2.05) is 0 Å². The number of carboxylic acid groups (broad SMARTS) is 2.